The van der Waals surface area contributed by atoms with E-state index in [1.807, 2.05) is 0 Å². The van der Waals surface area contributed by atoms with E-state index in [2.05, 4.69) is 10.1 Å². The largest absolute Gasteiger partial charge is 0.482 e. The number of hydrogen-bond acceptors (Lipinski definition) is 4. The fraction of sp³-hybridized carbons (Fsp3) is 0.125. The van der Waals surface area contributed by atoms with Gasteiger partial charge in [-0.2, -0.15) is 0 Å². The Labute approximate surface area is 143 Å². The van der Waals surface area contributed by atoms with E-state index in [9.17, 15) is 9.59 Å². The molecule has 0 aromatic heterocycles. The summed E-state index contributed by atoms with van der Waals surface area (Å²) in [4.78, 5) is 23.1. The van der Waals surface area contributed by atoms with Crippen LogP contribution in [0.15, 0.2) is 42.5 Å². The second-order valence-corrected chi connectivity index (χ2v) is 5.29. The second-order valence-electron chi connectivity index (χ2n) is 4.47. The van der Waals surface area contributed by atoms with Crippen molar-refractivity contribution in [1.82, 2.24) is 0 Å². The number of nitrogens with one attached hydrogen (secondary N) is 1. The van der Waals surface area contributed by atoms with E-state index in [1.54, 1.807) is 36.4 Å². The smallest absolute Gasteiger partial charge is 0.343 e. The van der Waals surface area contributed by atoms with Crippen LogP contribution in [-0.4, -0.2) is 25.6 Å². The Balaban J connectivity index is 1.98. The van der Waals surface area contributed by atoms with Crippen LogP contribution >= 0.6 is 23.2 Å². The maximum absolute atomic E-state index is 12.1. The lowest BCUT2D eigenvalue weighted by molar-refractivity contribution is -0.142. The zero-order valence-electron chi connectivity index (χ0n) is 12.1. The van der Waals surface area contributed by atoms with E-state index in [0.29, 0.717) is 27.0 Å². The van der Waals surface area contributed by atoms with Crippen molar-refractivity contribution in [3.63, 3.8) is 0 Å². The Kier molecular flexibility index (Phi) is 5.84. The summed E-state index contributed by atoms with van der Waals surface area (Å²) in [5.41, 5.74) is 0.969. The molecule has 0 fully saturated rings. The average Bonchev–Trinajstić information content (AvgIpc) is 2.56. The van der Waals surface area contributed by atoms with Gasteiger partial charge >= 0.3 is 5.97 Å². The number of methoxy groups -OCH3 is 1. The number of ether oxygens (including phenoxy) is 2. The Hall–Kier alpha value is -2.24. The van der Waals surface area contributed by atoms with E-state index >= 15 is 0 Å². The second kappa shape index (κ2) is 7.85. The number of esters is 1. The molecular weight excluding hydrogens is 341 g/mol. The molecule has 120 valence electrons. The highest BCUT2D eigenvalue weighted by atomic mass is 35.5. The minimum Gasteiger partial charge on any atom is -0.482 e. The molecule has 0 aliphatic rings. The van der Waals surface area contributed by atoms with Gasteiger partial charge < -0.3 is 14.8 Å². The average molecular weight is 354 g/mol. The molecule has 0 unspecified atom stereocenters. The third-order valence-corrected chi connectivity index (χ3v) is 3.62. The van der Waals surface area contributed by atoms with Gasteiger partial charge in [-0.3, -0.25) is 4.79 Å². The first-order chi connectivity index (χ1) is 11.0. The molecule has 0 radical (unpaired) electrons. The van der Waals surface area contributed by atoms with E-state index in [-0.39, 0.29) is 12.5 Å². The molecular formula is C16H13Cl2NO4. The highest BCUT2D eigenvalue weighted by molar-refractivity contribution is 6.42. The van der Waals surface area contributed by atoms with Gasteiger partial charge in [-0.15, -0.1) is 0 Å². The van der Waals surface area contributed by atoms with Crippen LogP contribution in [0.2, 0.25) is 10.0 Å². The number of carbonyl (C=O) groups excluding carboxylic acids is 2. The summed E-state index contributed by atoms with van der Waals surface area (Å²) in [7, 11) is 1.29. The van der Waals surface area contributed by atoms with Crippen molar-refractivity contribution >= 4 is 40.8 Å². The number of benzene rings is 2. The van der Waals surface area contributed by atoms with Gasteiger partial charge in [0.25, 0.3) is 5.91 Å². The molecule has 2 aromatic rings. The standard InChI is InChI=1S/C16H13Cl2NO4/c1-22-15(20)9-23-12-5-3-11(4-6-12)19-16(21)10-2-7-13(17)14(18)8-10/h2-8H,9H2,1H3,(H,19,21). The van der Waals surface area contributed by atoms with Gasteiger partial charge in [0.1, 0.15) is 5.75 Å². The number of halogens is 2. The predicted octanol–water partition coefficient (Wildman–Crippen LogP) is 3.80. The van der Waals surface area contributed by atoms with Crippen LogP contribution in [0.4, 0.5) is 5.69 Å². The molecule has 0 aliphatic carbocycles. The van der Waals surface area contributed by atoms with Crippen LogP contribution in [0.5, 0.6) is 5.75 Å². The number of anilines is 1. The highest BCUT2D eigenvalue weighted by Crippen LogP contribution is 2.23. The summed E-state index contributed by atoms with van der Waals surface area (Å²) >= 11 is 11.7. The Morgan fingerprint density at radius 1 is 1.04 bits per heavy atom. The lowest BCUT2D eigenvalue weighted by Gasteiger charge is -2.08. The van der Waals surface area contributed by atoms with Crippen molar-refractivity contribution in [2.75, 3.05) is 19.0 Å². The first-order valence-electron chi connectivity index (χ1n) is 6.55. The summed E-state index contributed by atoms with van der Waals surface area (Å²) in [6, 6.07) is 11.2. The highest BCUT2D eigenvalue weighted by Gasteiger charge is 2.09. The maximum atomic E-state index is 12.1. The van der Waals surface area contributed by atoms with Crippen LogP contribution in [-0.2, 0) is 9.53 Å². The zero-order chi connectivity index (χ0) is 16.8. The van der Waals surface area contributed by atoms with E-state index in [1.165, 1.54) is 13.2 Å². The van der Waals surface area contributed by atoms with Gasteiger partial charge in [0.2, 0.25) is 0 Å². The molecule has 0 saturated carbocycles. The predicted molar refractivity (Wildman–Crippen MR) is 88.4 cm³/mol. The van der Waals surface area contributed by atoms with Crippen molar-refractivity contribution in [1.29, 1.82) is 0 Å². The van der Waals surface area contributed by atoms with Gasteiger partial charge in [-0.1, -0.05) is 23.2 Å². The topological polar surface area (TPSA) is 64.6 Å². The van der Waals surface area contributed by atoms with Gasteiger partial charge in [0.05, 0.1) is 17.2 Å². The monoisotopic (exact) mass is 353 g/mol. The summed E-state index contributed by atoms with van der Waals surface area (Å²) in [6.07, 6.45) is 0. The van der Waals surface area contributed by atoms with Crippen molar-refractivity contribution in [2.24, 2.45) is 0 Å². The number of amides is 1. The number of carbonyl (C=O) groups is 2. The fourth-order valence-electron chi connectivity index (χ4n) is 1.68. The van der Waals surface area contributed by atoms with E-state index in [4.69, 9.17) is 27.9 Å². The van der Waals surface area contributed by atoms with Crippen molar-refractivity contribution in [3.8, 4) is 5.75 Å². The SMILES string of the molecule is COC(=O)COc1ccc(NC(=O)c2ccc(Cl)c(Cl)c2)cc1. The van der Waals surface area contributed by atoms with E-state index < -0.39 is 5.97 Å². The number of rotatable bonds is 5. The molecule has 7 heteroatoms. The van der Waals surface area contributed by atoms with Crippen LogP contribution in [0.1, 0.15) is 10.4 Å². The molecule has 0 bridgehead atoms. The van der Waals surface area contributed by atoms with Crippen molar-refractivity contribution in [3.05, 3.63) is 58.1 Å². The Morgan fingerprint density at radius 2 is 1.74 bits per heavy atom. The van der Waals surface area contributed by atoms with Gasteiger partial charge in [-0.05, 0) is 42.5 Å². The summed E-state index contributed by atoms with van der Waals surface area (Å²) in [5.74, 6) is -0.295. The normalized spacial score (nSPS) is 10.0. The molecule has 1 amide bonds. The lowest BCUT2D eigenvalue weighted by Crippen LogP contribution is -2.13. The minimum atomic E-state index is -0.470. The zero-order valence-corrected chi connectivity index (χ0v) is 13.6. The molecule has 23 heavy (non-hydrogen) atoms. The first kappa shape index (κ1) is 17.1. The third kappa shape index (κ3) is 4.87. The molecule has 5 nitrogen and oxygen atoms in total. The molecule has 0 heterocycles. The van der Waals surface area contributed by atoms with Gasteiger partial charge in [0, 0.05) is 11.3 Å². The van der Waals surface area contributed by atoms with Crippen LogP contribution in [0.25, 0.3) is 0 Å². The Bertz CT molecular complexity index is 717. The van der Waals surface area contributed by atoms with Gasteiger partial charge in [-0.25, -0.2) is 4.79 Å². The molecule has 0 spiro atoms. The molecule has 0 atom stereocenters. The van der Waals surface area contributed by atoms with Crippen molar-refractivity contribution < 1.29 is 19.1 Å². The van der Waals surface area contributed by atoms with Gasteiger partial charge in [0.15, 0.2) is 6.61 Å². The molecule has 2 rings (SSSR count). The third-order valence-electron chi connectivity index (χ3n) is 2.88. The quantitative estimate of drug-likeness (QED) is 0.830. The molecule has 0 saturated heterocycles. The summed E-state index contributed by atoms with van der Waals surface area (Å²) in [5, 5.41) is 3.42. The molecule has 2 aromatic carbocycles. The number of hydrogen-bond donors (Lipinski definition) is 1. The summed E-state index contributed by atoms with van der Waals surface area (Å²) < 4.78 is 9.69. The fourth-order valence-corrected chi connectivity index (χ4v) is 1.97. The van der Waals surface area contributed by atoms with Crippen LogP contribution in [0, 0.1) is 0 Å². The molecule has 1 N–H and O–H groups in total. The maximum Gasteiger partial charge on any atom is 0.343 e. The van der Waals surface area contributed by atoms with Crippen LogP contribution in [0.3, 0.4) is 0 Å². The summed E-state index contributed by atoms with van der Waals surface area (Å²) in [6.45, 7) is -0.175. The Morgan fingerprint density at radius 3 is 2.35 bits per heavy atom. The minimum absolute atomic E-state index is 0.175. The van der Waals surface area contributed by atoms with Crippen molar-refractivity contribution in [2.45, 2.75) is 0 Å². The van der Waals surface area contributed by atoms with Crippen LogP contribution < -0.4 is 10.1 Å². The molecule has 0 aliphatic heterocycles. The lowest BCUT2D eigenvalue weighted by atomic mass is 10.2. The first-order valence-corrected chi connectivity index (χ1v) is 7.31. The van der Waals surface area contributed by atoms with E-state index in [0.717, 1.165) is 0 Å².